The molecule has 2 aliphatic rings. The molecule has 1 aliphatic carbocycles. The van der Waals surface area contributed by atoms with Gasteiger partial charge in [-0.25, -0.2) is 4.98 Å². The number of hydrogen-bond acceptors (Lipinski definition) is 2. The highest BCUT2D eigenvalue weighted by atomic mass is 15.1. The SMILES string of the molecule is CN1CCC2(CCC(n3ccnc3)CC2)CC1. The first kappa shape index (κ1) is 11.3. The number of likely N-dealkylation sites (tertiary alicyclic amines) is 1. The molecule has 1 saturated carbocycles. The van der Waals surface area contributed by atoms with Gasteiger partial charge in [-0.1, -0.05) is 0 Å². The third-order valence-corrected chi connectivity index (χ3v) is 5.01. The summed E-state index contributed by atoms with van der Waals surface area (Å²) in [6.07, 6.45) is 14.4. The van der Waals surface area contributed by atoms with Crippen LogP contribution in [0.3, 0.4) is 0 Å². The van der Waals surface area contributed by atoms with Crippen molar-refractivity contribution in [2.75, 3.05) is 20.1 Å². The van der Waals surface area contributed by atoms with Crippen LogP contribution in [0.5, 0.6) is 0 Å². The lowest BCUT2D eigenvalue weighted by atomic mass is 9.67. The third kappa shape index (κ3) is 2.25. The molecule has 17 heavy (non-hydrogen) atoms. The van der Waals surface area contributed by atoms with Crippen LogP contribution >= 0.6 is 0 Å². The predicted molar refractivity (Wildman–Crippen MR) is 68.9 cm³/mol. The Kier molecular flexibility index (Phi) is 2.95. The highest BCUT2D eigenvalue weighted by molar-refractivity contribution is 4.92. The van der Waals surface area contributed by atoms with Crippen molar-refractivity contribution in [3.8, 4) is 0 Å². The van der Waals surface area contributed by atoms with Crippen molar-refractivity contribution in [1.82, 2.24) is 14.5 Å². The van der Waals surface area contributed by atoms with Crippen molar-refractivity contribution >= 4 is 0 Å². The standard InChI is InChI=1S/C14H23N3/c1-16-9-6-14(7-10-16)4-2-13(3-5-14)17-11-8-15-12-17/h8,11-13H,2-7,9-10H2,1H3. The van der Waals surface area contributed by atoms with E-state index in [1.165, 1.54) is 51.6 Å². The molecule has 1 spiro atoms. The van der Waals surface area contributed by atoms with Crippen molar-refractivity contribution in [3.63, 3.8) is 0 Å². The minimum absolute atomic E-state index is 0.684. The molecule has 2 heterocycles. The zero-order valence-electron chi connectivity index (χ0n) is 10.8. The summed E-state index contributed by atoms with van der Waals surface area (Å²) in [4.78, 5) is 6.65. The monoisotopic (exact) mass is 233 g/mol. The molecule has 0 atom stereocenters. The maximum Gasteiger partial charge on any atom is 0.0948 e. The van der Waals surface area contributed by atoms with Crippen LogP contribution in [0.4, 0.5) is 0 Å². The average Bonchev–Trinajstić information content (AvgIpc) is 2.88. The summed E-state index contributed by atoms with van der Waals surface area (Å²) in [5, 5.41) is 0. The first-order valence-corrected chi connectivity index (χ1v) is 6.93. The Morgan fingerprint density at radius 3 is 2.41 bits per heavy atom. The number of imidazole rings is 1. The molecule has 1 aliphatic heterocycles. The molecule has 0 bridgehead atoms. The number of piperidine rings is 1. The maximum atomic E-state index is 4.17. The van der Waals surface area contributed by atoms with Crippen LogP contribution in [-0.2, 0) is 0 Å². The van der Waals surface area contributed by atoms with E-state index in [9.17, 15) is 0 Å². The summed E-state index contributed by atoms with van der Waals surface area (Å²) in [7, 11) is 2.25. The van der Waals surface area contributed by atoms with Crippen LogP contribution in [0.25, 0.3) is 0 Å². The molecule has 0 unspecified atom stereocenters. The van der Waals surface area contributed by atoms with Crippen LogP contribution in [0.1, 0.15) is 44.6 Å². The van der Waals surface area contributed by atoms with Gasteiger partial charge in [-0.3, -0.25) is 0 Å². The normalized spacial score (nSPS) is 26.4. The largest absolute Gasteiger partial charge is 0.334 e. The molecule has 94 valence electrons. The number of hydrogen-bond donors (Lipinski definition) is 0. The second kappa shape index (κ2) is 4.45. The van der Waals surface area contributed by atoms with Crippen molar-refractivity contribution in [1.29, 1.82) is 0 Å². The molecule has 3 nitrogen and oxygen atoms in total. The fourth-order valence-electron chi connectivity index (χ4n) is 3.59. The van der Waals surface area contributed by atoms with E-state index in [0.717, 1.165) is 0 Å². The Balaban J connectivity index is 1.60. The summed E-state index contributed by atoms with van der Waals surface area (Å²) < 4.78 is 2.31. The fourth-order valence-corrected chi connectivity index (χ4v) is 3.59. The summed E-state index contributed by atoms with van der Waals surface area (Å²) in [6.45, 7) is 2.60. The Bertz CT molecular complexity index is 340. The Morgan fingerprint density at radius 1 is 1.12 bits per heavy atom. The summed E-state index contributed by atoms with van der Waals surface area (Å²) in [5.74, 6) is 0. The molecule has 1 saturated heterocycles. The van der Waals surface area contributed by atoms with Crippen molar-refractivity contribution in [2.24, 2.45) is 5.41 Å². The van der Waals surface area contributed by atoms with Gasteiger partial charge in [-0.2, -0.15) is 0 Å². The zero-order valence-corrected chi connectivity index (χ0v) is 10.8. The van der Waals surface area contributed by atoms with E-state index in [1.54, 1.807) is 0 Å². The van der Waals surface area contributed by atoms with E-state index in [4.69, 9.17) is 0 Å². The maximum absolute atomic E-state index is 4.17. The van der Waals surface area contributed by atoms with Crippen LogP contribution in [0.15, 0.2) is 18.7 Å². The highest BCUT2D eigenvalue weighted by Gasteiger charge is 2.37. The third-order valence-electron chi connectivity index (χ3n) is 5.01. The average molecular weight is 233 g/mol. The molecule has 0 aromatic carbocycles. The molecular weight excluding hydrogens is 210 g/mol. The van der Waals surface area contributed by atoms with Crippen LogP contribution in [0, 0.1) is 5.41 Å². The van der Waals surface area contributed by atoms with Crippen LogP contribution in [0.2, 0.25) is 0 Å². The van der Waals surface area contributed by atoms with Crippen molar-refractivity contribution in [3.05, 3.63) is 18.7 Å². The van der Waals surface area contributed by atoms with E-state index < -0.39 is 0 Å². The topological polar surface area (TPSA) is 21.1 Å². The minimum atomic E-state index is 0.684. The van der Waals surface area contributed by atoms with Gasteiger partial charge in [-0.15, -0.1) is 0 Å². The molecule has 0 radical (unpaired) electrons. The van der Waals surface area contributed by atoms with E-state index in [2.05, 4.69) is 27.7 Å². The van der Waals surface area contributed by atoms with Gasteiger partial charge in [0.15, 0.2) is 0 Å². The molecule has 1 aromatic rings. The Hall–Kier alpha value is -0.830. The quantitative estimate of drug-likeness (QED) is 0.743. The van der Waals surface area contributed by atoms with E-state index in [1.807, 2.05) is 12.5 Å². The molecule has 2 fully saturated rings. The van der Waals surface area contributed by atoms with Gasteiger partial charge < -0.3 is 9.47 Å². The van der Waals surface area contributed by atoms with Gasteiger partial charge >= 0.3 is 0 Å². The van der Waals surface area contributed by atoms with Gasteiger partial charge in [0.25, 0.3) is 0 Å². The van der Waals surface area contributed by atoms with E-state index in [-0.39, 0.29) is 0 Å². The number of aromatic nitrogens is 2. The van der Waals surface area contributed by atoms with Gasteiger partial charge in [-0.05, 0) is 64.1 Å². The zero-order chi connectivity index (χ0) is 11.7. The molecule has 3 rings (SSSR count). The van der Waals surface area contributed by atoms with Gasteiger partial charge in [0.2, 0.25) is 0 Å². The van der Waals surface area contributed by atoms with Crippen LogP contribution < -0.4 is 0 Å². The Morgan fingerprint density at radius 2 is 1.82 bits per heavy atom. The summed E-state index contributed by atoms with van der Waals surface area (Å²) in [5.41, 5.74) is 0.684. The highest BCUT2D eigenvalue weighted by Crippen LogP contribution is 2.47. The smallest absolute Gasteiger partial charge is 0.0948 e. The first-order valence-electron chi connectivity index (χ1n) is 6.93. The first-order chi connectivity index (χ1) is 8.27. The lowest BCUT2D eigenvalue weighted by Crippen LogP contribution is -2.40. The summed E-state index contributed by atoms with van der Waals surface area (Å²) in [6, 6.07) is 0.711. The lowest BCUT2D eigenvalue weighted by Gasteiger charge is -2.45. The van der Waals surface area contributed by atoms with E-state index >= 15 is 0 Å². The summed E-state index contributed by atoms with van der Waals surface area (Å²) >= 11 is 0. The second-order valence-electron chi connectivity index (χ2n) is 6.04. The van der Waals surface area contributed by atoms with E-state index in [0.29, 0.717) is 11.5 Å². The molecule has 3 heteroatoms. The molecule has 0 N–H and O–H groups in total. The van der Waals surface area contributed by atoms with Crippen molar-refractivity contribution < 1.29 is 0 Å². The van der Waals surface area contributed by atoms with Crippen LogP contribution in [-0.4, -0.2) is 34.6 Å². The predicted octanol–water partition coefficient (Wildman–Crippen LogP) is 2.71. The van der Waals surface area contributed by atoms with Gasteiger partial charge in [0, 0.05) is 18.4 Å². The minimum Gasteiger partial charge on any atom is -0.334 e. The number of nitrogens with zero attached hydrogens (tertiary/aromatic N) is 3. The van der Waals surface area contributed by atoms with Gasteiger partial charge in [0.1, 0.15) is 0 Å². The molecule has 1 aromatic heterocycles. The lowest BCUT2D eigenvalue weighted by molar-refractivity contribution is 0.0646. The van der Waals surface area contributed by atoms with Gasteiger partial charge in [0.05, 0.1) is 6.33 Å². The fraction of sp³-hybridized carbons (Fsp3) is 0.786. The molecule has 0 amide bonds. The second-order valence-corrected chi connectivity index (χ2v) is 6.04. The Labute approximate surface area is 104 Å². The van der Waals surface area contributed by atoms with Crippen molar-refractivity contribution in [2.45, 2.75) is 44.6 Å². The molecular formula is C14H23N3. The number of rotatable bonds is 1.